The van der Waals surface area contributed by atoms with Crippen LogP contribution in [0.4, 0.5) is 13.2 Å². The van der Waals surface area contributed by atoms with Crippen molar-refractivity contribution in [3.05, 3.63) is 23.3 Å². The van der Waals surface area contributed by atoms with Gasteiger partial charge in [0, 0.05) is 12.1 Å². The van der Waals surface area contributed by atoms with Gasteiger partial charge in [-0.3, -0.25) is 4.79 Å². The van der Waals surface area contributed by atoms with E-state index in [-0.39, 0.29) is 30.3 Å². The van der Waals surface area contributed by atoms with Crippen LogP contribution in [-0.2, 0) is 22.1 Å². The van der Waals surface area contributed by atoms with Crippen LogP contribution in [0.15, 0.2) is 6.07 Å². The molecule has 106 valence electrons. The highest BCUT2D eigenvalue weighted by Crippen LogP contribution is 2.28. The van der Waals surface area contributed by atoms with Crippen molar-refractivity contribution in [2.75, 3.05) is 6.61 Å². The smallest absolute Gasteiger partial charge is 0.433 e. The molecule has 0 aliphatic heterocycles. The van der Waals surface area contributed by atoms with Crippen molar-refractivity contribution >= 4 is 5.97 Å². The van der Waals surface area contributed by atoms with Gasteiger partial charge >= 0.3 is 12.1 Å². The van der Waals surface area contributed by atoms with Gasteiger partial charge < -0.3 is 4.74 Å². The van der Waals surface area contributed by atoms with Gasteiger partial charge in [0.2, 0.25) is 0 Å². The van der Waals surface area contributed by atoms with E-state index in [2.05, 4.69) is 9.97 Å². The summed E-state index contributed by atoms with van der Waals surface area (Å²) in [5.74, 6) is -0.287. The van der Waals surface area contributed by atoms with E-state index in [1.807, 2.05) is 0 Å². The minimum Gasteiger partial charge on any atom is -0.466 e. The second kappa shape index (κ2) is 6.49. The molecule has 1 heterocycles. The van der Waals surface area contributed by atoms with Crippen molar-refractivity contribution in [1.82, 2.24) is 9.97 Å². The summed E-state index contributed by atoms with van der Waals surface area (Å²) >= 11 is 0. The number of hydrogen-bond acceptors (Lipinski definition) is 4. The SMILES string of the molecule is CCOC(=O)CCCc1cc(C(F)(F)F)nc(C)n1. The summed E-state index contributed by atoms with van der Waals surface area (Å²) in [5, 5.41) is 0. The van der Waals surface area contributed by atoms with E-state index >= 15 is 0 Å². The van der Waals surface area contributed by atoms with E-state index in [1.54, 1.807) is 6.92 Å². The van der Waals surface area contributed by atoms with E-state index in [1.165, 1.54) is 6.92 Å². The summed E-state index contributed by atoms with van der Waals surface area (Å²) in [7, 11) is 0. The average Bonchev–Trinajstić information content (AvgIpc) is 2.27. The molecule has 1 rings (SSSR count). The molecule has 1 aromatic heterocycles. The summed E-state index contributed by atoms with van der Waals surface area (Å²) in [5.41, 5.74) is -0.671. The molecule has 7 heteroatoms. The van der Waals surface area contributed by atoms with Crippen LogP contribution >= 0.6 is 0 Å². The third kappa shape index (κ3) is 5.23. The first-order chi connectivity index (χ1) is 8.82. The van der Waals surface area contributed by atoms with Crippen molar-refractivity contribution in [3.8, 4) is 0 Å². The molecule has 19 heavy (non-hydrogen) atoms. The maximum Gasteiger partial charge on any atom is 0.433 e. The fourth-order valence-electron chi connectivity index (χ4n) is 1.55. The highest BCUT2D eigenvalue weighted by molar-refractivity contribution is 5.69. The van der Waals surface area contributed by atoms with Crippen molar-refractivity contribution in [1.29, 1.82) is 0 Å². The van der Waals surface area contributed by atoms with E-state index in [0.29, 0.717) is 13.0 Å². The van der Waals surface area contributed by atoms with Gasteiger partial charge in [-0.1, -0.05) is 0 Å². The Balaban J connectivity index is 2.64. The molecular formula is C12H15F3N2O2. The lowest BCUT2D eigenvalue weighted by Gasteiger charge is -2.08. The summed E-state index contributed by atoms with van der Waals surface area (Å²) < 4.78 is 42.3. The lowest BCUT2D eigenvalue weighted by Crippen LogP contribution is -2.11. The molecule has 0 saturated carbocycles. The molecule has 0 aliphatic rings. The van der Waals surface area contributed by atoms with Crippen molar-refractivity contribution in [3.63, 3.8) is 0 Å². The molecule has 0 atom stereocenters. The second-order valence-electron chi connectivity index (χ2n) is 3.95. The van der Waals surface area contributed by atoms with Crippen LogP contribution in [0.2, 0.25) is 0 Å². The van der Waals surface area contributed by atoms with Crippen LogP contribution in [0.5, 0.6) is 0 Å². The second-order valence-corrected chi connectivity index (χ2v) is 3.95. The minimum absolute atomic E-state index is 0.0703. The maximum atomic E-state index is 12.5. The largest absolute Gasteiger partial charge is 0.466 e. The number of esters is 1. The Morgan fingerprint density at radius 3 is 2.63 bits per heavy atom. The van der Waals surface area contributed by atoms with Gasteiger partial charge in [0.15, 0.2) is 0 Å². The zero-order valence-corrected chi connectivity index (χ0v) is 10.8. The fraction of sp³-hybridized carbons (Fsp3) is 0.583. The van der Waals surface area contributed by atoms with E-state index in [9.17, 15) is 18.0 Å². The Hall–Kier alpha value is -1.66. The van der Waals surface area contributed by atoms with Crippen LogP contribution in [0.3, 0.4) is 0 Å². The van der Waals surface area contributed by atoms with E-state index < -0.39 is 11.9 Å². The predicted octanol–water partition coefficient (Wildman–Crippen LogP) is 2.69. The quantitative estimate of drug-likeness (QED) is 0.776. The lowest BCUT2D eigenvalue weighted by atomic mass is 10.1. The summed E-state index contributed by atoms with van der Waals surface area (Å²) in [6.45, 7) is 3.40. The number of rotatable bonds is 5. The van der Waals surface area contributed by atoms with E-state index in [4.69, 9.17) is 4.74 Å². The van der Waals surface area contributed by atoms with Gasteiger partial charge in [0.1, 0.15) is 11.5 Å². The molecule has 0 N–H and O–H groups in total. The summed E-state index contributed by atoms with van der Waals surface area (Å²) in [6, 6.07) is 0.915. The minimum atomic E-state index is -4.48. The topological polar surface area (TPSA) is 52.1 Å². The first kappa shape index (κ1) is 15.4. The molecule has 0 amide bonds. The number of aryl methyl sites for hydroxylation is 2. The molecule has 0 aromatic carbocycles. The number of alkyl halides is 3. The number of carbonyl (C=O) groups is 1. The van der Waals surface area contributed by atoms with Crippen LogP contribution in [0.1, 0.15) is 37.0 Å². The number of ether oxygens (including phenoxy) is 1. The molecule has 1 aromatic rings. The molecule has 0 radical (unpaired) electrons. The molecule has 0 unspecified atom stereocenters. The molecule has 0 spiro atoms. The highest BCUT2D eigenvalue weighted by Gasteiger charge is 2.33. The Kier molecular flexibility index (Phi) is 5.26. The molecular weight excluding hydrogens is 261 g/mol. The van der Waals surface area contributed by atoms with Crippen LogP contribution in [0.25, 0.3) is 0 Å². The summed E-state index contributed by atoms with van der Waals surface area (Å²) in [4.78, 5) is 18.4. The molecule has 0 bridgehead atoms. The third-order valence-corrected chi connectivity index (χ3v) is 2.30. The maximum absolute atomic E-state index is 12.5. The van der Waals surface area contributed by atoms with Gasteiger partial charge in [-0.15, -0.1) is 0 Å². The Morgan fingerprint density at radius 2 is 2.05 bits per heavy atom. The third-order valence-electron chi connectivity index (χ3n) is 2.30. The average molecular weight is 276 g/mol. The van der Waals surface area contributed by atoms with Crippen LogP contribution in [-0.4, -0.2) is 22.5 Å². The first-order valence-electron chi connectivity index (χ1n) is 5.90. The normalized spacial score (nSPS) is 11.4. The fourth-order valence-corrected chi connectivity index (χ4v) is 1.55. The number of carbonyl (C=O) groups excluding carboxylic acids is 1. The standard InChI is InChI=1S/C12H15F3N2O2/c1-3-19-11(18)6-4-5-9-7-10(12(13,14)15)17-8(2)16-9/h7H,3-6H2,1-2H3. The summed E-state index contributed by atoms with van der Waals surface area (Å²) in [6.07, 6.45) is -3.64. The molecule has 0 aliphatic carbocycles. The monoisotopic (exact) mass is 276 g/mol. The molecule has 0 fully saturated rings. The molecule has 4 nitrogen and oxygen atoms in total. The van der Waals surface area contributed by atoms with Gasteiger partial charge in [-0.05, 0) is 32.8 Å². The van der Waals surface area contributed by atoms with Gasteiger partial charge in [-0.2, -0.15) is 13.2 Å². The predicted molar refractivity (Wildman–Crippen MR) is 61.3 cm³/mol. The van der Waals surface area contributed by atoms with Gasteiger partial charge in [0.05, 0.1) is 6.61 Å². The lowest BCUT2D eigenvalue weighted by molar-refractivity contribution is -0.143. The number of nitrogens with zero attached hydrogens (tertiary/aromatic N) is 2. The number of halogens is 3. The first-order valence-corrected chi connectivity index (χ1v) is 5.90. The molecule has 0 saturated heterocycles. The Morgan fingerprint density at radius 1 is 1.37 bits per heavy atom. The Labute approximate surface area is 109 Å². The Bertz CT molecular complexity index is 447. The zero-order valence-electron chi connectivity index (χ0n) is 10.8. The zero-order chi connectivity index (χ0) is 14.5. The van der Waals surface area contributed by atoms with Crippen LogP contribution < -0.4 is 0 Å². The van der Waals surface area contributed by atoms with E-state index in [0.717, 1.165) is 6.07 Å². The highest BCUT2D eigenvalue weighted by atomic mass is 19.4. The van der Waals surface area contributed by atoms with Crippen molar-refractivity contribution in [2.24, 2.45) is 0 Å². The van der Waals surface area contributed by atoms with Gasteiger partial charge in [0.25, 0.3) is 0 Å². The van der Waals surface area contributed by atoms with Crippen molar-refractivity contribution in [2.45, 2.75) is 39.3 Å². The number of hydrogen-bond donors (Lipinski definition) is 0. The van der Waals surface area contributed by atoms with Crippen LogP contribution in [0, 0.1) is 6.92 Å². The van der Waals surface area contributed by atoms with Gasteiger partial charge in [-0.25, -0.2) is 9.97 Å². The van der Waals surface area contributed by atoms with Crippen molar-refractivity contribution < 1.29 is 22.7 Å². The number of aromatic nitrogens is 2.